The average molecular weight is 399 g/mol. The molecule has 3 aromatic rings. The van der Waals surface area contributed by atoms with E-state index in [-0.39, 0.29) is 28.9 Å². The number of nitrogens with zero attached hydrogens (tertiary/aromatic N) is 2. The standard InChI is InChI=1S/C20H21N3O4S/c1-3-12(2)23-19(26)16(18(25)22-20(23)28)10-21-14-6-4-5-13(9-14)17-8-7-15(11-24)27-17/h4-10,12,24,26H,3,11H2,1-2H3,(H,22,25,28)/t12-/m1/s1. The molecule has 2 aromatic heterocycles. The van der Waals surface area contributed by atoms with Gasteiger partial charge in [-0.25, -0.2) is 0 Å². The molecule has 0 saturated carbocycles. The van der Waals surface area contributed by atoms with Crippen molar-refractivity contribution in [1.29, 1.82) is 0 Å². The number of hydrogen-bond acceptors (Lipinski definition) is 6. The van der Waals surface area contributed by atoms with Crippen LogP contribution in [0.3, 0.4) is 0 Å². The lowest BCUT2D eigenvalue weighted by atomic mass is 10.1. The van der Waals surface area contributed by atoms with Gasteiger partial charge in [-0.1, -0.05) is 19.1 Å². The van der Waals surface area contributed by atoms with Crippen molar-refractivity contribution < 1.29 is 14.6 Å². The number of H-pyrrole nitrogens is 1. The van der Waals surface area contributed by atoms with Gasteiger partial charge in [0.05, 0.1) is 5.69 Å². The predicted octanol–water partition coefficient (Wildman–Crippen LogP) is 4.09. The largest absolute Gasteiger partial charge is 0.494 e. The van der Waals surface area contributed by atoms with Crippen molar-refractivity contribution >= 4 is 24.1 Å². The maximum Gasteiger partial charge on any atom is 0.264 e. The first-order chi connectivity index (χ1) is 13.4. The monoisotopic (exact) mass is 399 g/mol. The summed E-state index contributed by atoms with van der Waals surface area (Å²) >= 11 is 5.16. The molecule has 0 aliphatic carbocycles. The molecule has 0 spiro atoms. The first-order valence-corrected chi connectivity index (χ1v) is 9.27. The van der Waals surface area contributed by atoms with E-state index in [0.29, 0.717) is 17.2 Å². The molecule has 28 heavy (non-hydrogen) atoms. The number of furan rings is 1. The number of aliphatic hydroxyl groups excluding tert-OH is 1. The molecule has 1 aromatic carbocycles. The molecule has 2 heterocycles. The number of nitrogens with one attached hydrogen (secondary N) is 1. The first-order valence-electron chi connectivity index (χ1n) is 8.86. The minimum Gasteiger partial charge on any atom is -0.494 e. The average Bonchev–Trinajstić information content (AvgIpc) is 3.17. The Balaban J connectivity index is 1.97. The van der Waals surface area contributed by atoms with E-state index in [4.69, 9.17) is 21.7 Å². The number of aromatic nitrogens is 2. The highest BCUT2D eigenvalue weighted by Gasteiger charge is 2.14. The number of hydrogen-bond donors (Lipinski definition) is 3. The van der Waals surface area contributed by atoms with Crippen LogP contribution >= 0.6 is 12.2 Å². The summed E-state index contributed by atoms with van der Waals surface area (Å²) in [5.74, 6) is 0.868. The van der Waals surface area contributed by atoms with Gasteiger partial charge < -0.3 is 14.6 Å². The summed E-state index contributed by atoms with van der Waals surface area (Å²) in [6.07, 6.45) is 2.06. The lowest BCUT2D eigenvalue weighted by molar-refractivity contribution is 0.248. The van der Waals surface area contributed by atoms with Gasteiger partial charge in [0.1, 0.15) is 23.7 Å². The van der Waals surface area contributed by atoms with E-state index in [0.717, 1.165) is 12.0 Å². The minimum atomic E-state index is -0.499. The van der Waals surface area contributed by atoms with Crippen molar-refractivity contribution in [3.63, 3.8) is 0 Å². The van der Waals surface area contributed by atoms with Gasteiger partial charge in [0.25, 0.3) is 5.56 Å². The van der Waals surface area contributed by atoms with Crippen LogP contribution < -0.4 is 5.56 Å². The molecule has 8 heteroatoms. The molecule has 3 N–H and O–H groups in total. The van der Waals surface area contributed by atoms with Gasteiger partial charge in [-0.15, -0.1) is 0 Å². The van der Waals surface area contributed by atoms with Gasteiger partial charge in [-0.05, 0) is 49.8 Å². The summed E-state index contributed by atoms with van der Waals surface area (Å²) in [7, 11) is 0. The Kier molecular flexibility index (Phi) is 5.91. The van der Waals surface area contributed by atoms with E-state index in [1.54, 1.807) is 30.3 Å². The molecule has 0 fully saturated rings. The maximum atomic E-state index is 12.2. The van der Waals surface area contributed by atoms with Crippen LogP contribution in [0, 0.1) is 4.77 Å². The molecule has 0 aliphatic heterocycles. The molecule has 0 saturated heterocycles. The fourth-order valence-electron chi connectivity index (χ4n) is 2.76. The Labute approximate surface area is 166 Å². The maximum absolute atomic E-state index is 12.2. The van der Waals surface area contributed by atoms with Gasteiger partial charge >= 0.3 is 0 Å². The zero-order chi connectivity index (χ0) is 20.3. The fourth-order valence-corrected chi connectivity index (χ4v) is 3.12. The molecule has 0 unspecified atom stereocenters. The molecule has 0 radical (unpaired) electrons. The molecule has 7 nitrogen and oxygen atoms in total. The van der Waals surface area contributed by atoms with Crippen LogP contribution in [-0.4, -0.2) is 26.0 Å². The molecule has 0 aliphatic rings. The van der Waals surface area contributed by atoms with Crippen molar-refractivity contribution in [3.8, 4) is 17.2 Å². The van der Waals surface area contributed by atoms with Gasteiger partial charge in [-0.3, -0.25) is 19.3 Å². The Morgan fingerprint density at radius 2 is 2.14 bits per heavy atom. The number of aromatic amines is 1. The molecule has 3 rings (SSSR count). The van der Waals surface area contributed by atoms with E-state index in [9.17, 15) is 9.90 Å². The summed E-state index contributed by atoms with van der Waals surface area (Å²) in [5, 5.41) is 19.7. The minimum absolute atomic E-state index is 0.0415. The SMILES string of the molecule is CC[C@@H](C)n1c(O)c(C=Nc2cccc(-c3ccc(CO)o3)c2)c(=O)[nH]c1=S. The van der Waals surface area contributed by atoms with Crippen LogP contribution in [0.25, 0.3) is 11.3 Å². The zero-order valence-corrected chi connectivity index (χ0v) is 16.4. The van der Waals surface area contributed by atoms with E-state index in [1.807, 2.05) is 19.9 Å². The van der Waals surface area contributed by atoms with Crippen molar-refractivity contribution in [2.24, 2.45) is 4.99 Å². The van der Waals surface area contributed by atoms with Crippen molar-refractivity contribution in [2.45, 2.75) is 32.9 Å². The third kappa shape index (κ3) is 3.97. The molecule has 0 amide bonds. The molecular formula is C20H21N3O4S. The summed E-state index contributed by atoms with van der Waals surface area (Å²) in [6.45, 7) is 3.70. The van der Waals surface area contributed by atoms with Crippen molar-refractivity contribution in [2.75, 3.05) is 0 Å². The van der Waals surface area contributed by atoms with Gasteiger partial charge in [0, 0.05) is 17.8 Å². The third-order valence-corrected chi connectivity index (χ3v) is 4.77. The summed E-state index contributed by atoms with van der Waals surface area (Å²) < 4.78 is 7.21. The number of aromatic hydroxyl groups is 1. The fraction of sp³-hybridized carbons (Fsp3) is 0.250. The Morgan fingerprint density at radius 3 is 2.82 bits per heavy atom. The molecule has 1 atom stereocenters. The van der Waals surface area contributed by atoms with E-state index in [1.165, 1.54) is 10.8 Å². The molecule has 0 bridgehead atoms. The van der Waals surface area contributed by atoms with Crippen molar-refractivity contribution in [1.82, 2.24) is 9.55 Å². The summed E-state index contributed by atoms with van der Waals surface area (Å²) in [4.78, 5) is 19.1. The van der Waals surface area contributed by atoms with Gasteiger partial charge in [0.2, 0.25) is 5.88 Å². The Bertz CT molecular complexity index is 1130. The molecule has 146 valence electrons. The molecular weight excluding hydrogens is 378 g/mol. The van der Waals surface area contributed by atoms with Gasteiger partial charge in [-0.2, -0.15) is 0 Å². The highest BCUT2D eigenvalue weighted by molar-refractivity contribution is 7.71. The zero-order valence-electron chi connectivity index (χ0n) is 15.5. The van der Waals surface area contributed by atoms with E-state index in [2.05, 4.69) is 9.98 Å². The van der Waals surface area contributed by atoms with Crippen LogP contribution in [-0.2, 0) is 6.61 Å². The lowest BCUT2D eigenvalue weighted by Gasteiger charge is -2.16. The Morgan fingerprint density at radius 1 is 1.36 bits per heavy atom. The normalized spacial score (nSPS) is 12.5. The second-order valence-electron chi connectivity index (χ2n) is 6.36. The van der Waals surface area contributed by atoms with E-state index >= 15 is 0 Å². The second-order valence-corrected chi connectivity index (χ2v) is 6.74. The number of rotatable bonds is 6. The van der Waals surface area contributed by atoms with Crippen LogP contribution in [0.15, 0.2) is 50.6 Å². The van der Waals surface area contributed by atoms with Crippen LogP contribution in [0.2, 0.25) is 0 Å². The summed E-state index contributed by atoms with van der Waals surface area (Å²) in [6, 6.07) is 10.6. The number of aliphatic hydroxyl groups is 1. The predicted molar refractivity (Wildman–Crippen MR) is 110 cm³/mol. The first kappa shape index (κ1) is 19.8. The lowest BCUT2D eigenvalue weighted by Crippen LogP contribution is -2.20. The smallest absolute Gasteiger partial charge is 0.264 e. The second kappa shape index (κ2) is 8.37. The van der Waals surface area contributed by atoms with E-state index < -0.39 is 5.56 Å². The quantitative estimate of drug-likeness (QED) is 0.428. The number of aliphatic imine (C=N–C) groups is 1. The third-order valence-electron chi connectivity index (χ3n) is 4.48. The van der Waals surface area contributed by atoms with Crippen LogP contribution in [0.1, 0.15) is 37.6 Å². The highest BCUT2D eigenvalue weighted by atomic mass is 32.1. The Hall–Kier alpha value is -2.97. The van der Waals surface area contributed by atoms with Crippen LogP contribution in [0.5, 0.6) is 5.88 Å². The topological polar surface area (TPSA) is 104 Å². The summed E-state index contributed by atoms with van der Waals surface area (Å²) in [5.41, 5.74) is 0.902. The van der Waals surface area contributed by atoms with Gasteiger partial charge in [0.15, 0.2) is 4.77 Å². The van der Waals surface area contributed by atoms with Crippen molar-refractivity contribution in [3.05, 3.63) is 62.8 Å². The number of benzene rings is 1. The van der Waals surface area contributed by atoms with Crippen LogP contribution in [0.4, 0.5) is 5.69 Å². The highest BCUT2D eigenvalue weighted by Crippen LogP contribution is 2.26.